The number of hydrogen-bond acceptors (Lipinski definition) is 3. The van der Waals surface area contributed by atoms with Gasteiger partial charge in [-0.25, -0.2) is 4.39 Å². The van der Waals surface area contributed by atoms with Gasteiger partial charge in [0.1, 0.15) is 5.82 Å². The molecule has 1 amide bonds. The quantitative estimate of drug-likeness (QED) is 0.576. The molecule has 0 saturated carbocycles. The molecule has 0 saturated heterocycles. The van der Waals surface area contributed by atoms with E-state index >= 15 is 0 Å². The first-order chi connectivity index (χ1) is 13.2. The Morgan fingerprint density at radius 3 is 2.71 bits per heavy atom. The Labute approximate surface area is 175 Å². The van der Waals surface area contributed by atoms with Gasteiger partial charge in [-0.05, 0) is 47.5 Å². The Kier molecular flexibility index (Phi) is 6.20. The summed E-state index contributed by atoms with van der Waals surface area (Å²) in [6.07, 6.45) is 1.73. The fourth-order valence-electron chi connectivity index (χ4n) is 2.79. The lowest BCUT2D eigenvalue weighted by molar-refractivity contribution is -0.119. The van der Waals surface area contributed by atoms with E-state index in [1.165, 1.54) is 12.1 Å². The topological polar surface area (TPSA) is 64.7 Å². The smallest absolute Gasteiger partial charge is 0.230 e. The van der Waals surface area contributed by atoms with E-state index in [-0.39, 0.29) is 17.6 Å². The van der Waals surface area contributed by atoms with Crippen LogP contribution in [0.5, 0.6) is 0 Å². The van der Waals surface area contributed by atoms with Crippen LogP contribution >= 0.6 is 27.5 Å². The van der Waals surface area contributed by atoms with Crippen molar-refractivity contribution in [2.24, 2.45) is 5.92 Å². The highest BCUT2D eigenvalue weighted by molar-refractivity contribution is 9.10. The zero-order chi connectivity index (χ0) is 20.4. The summed E-state index contributed by atoms with van der Waals surface area (Å²) in [6, 6.07) is 5.95. The number of anilines is 1. The maximum atomic E-state index is 13.2. The second kappa shape index (κ2) is 8.45. The van der Waals surface area contributed by atoms with E-state index in [4.69, 9.17) is 11.6 Å². The number of amides is 1. The molecule has 0 fully saturated rings. The van der Waals surface area contributed by atoms with Crippen LogP contribution in [0.3, 0.4) is 0 Å². The highest BCUT2D eigenvalue weighted by Crippen LogP contribution is 2.21. The third-order valence-electron chi connectivity index (χ3n) is 4.43. The predicted octanol–water partition coefficient (Wildman–Crippen LogP) is 4.57. The van der Waals surface area contributed by atoms with Gasteiger partial charge in [-0.1, -0.05) is 24.6 Å². The third-order valence-corrected chi connectivity index (χ3v) is 5.93. The molecule has 2 aromatic heterocycles. The fourth-order valence-corrected chi connectivity index (χ4v) is 3.30. The van der Waals surface area contributed by atoms with E-state index < -0.39 is 0 Å². The molecule has 0 bridgehead atoms. The Morgan fingerprint density at radius 2 is 2.07 bits per heavy atom. The van der Waals surface area contributed by atoms with Crippen molar-refractivity contribution in [3.8, 4) is 0 Å². The number of nitrogens with zero attached hydrogens (tertiary/aromatic N) is 4. The molecule has 0 radical (unpaired) electrons. The van der Waals surface area contributed by atoms with Gasteiger partial charge in [-0.2, -0.15) is 10.2 Å². The van der Waals surface area contributed by atoms with Crippen molar-refractivity contribution in [2.45, 2.75) is 33.9 Å². The van der Waals surface area contributed by atoms with Crippen LogP contribution in [-0.4, -0.2) is 25.5 Å². The van der Waals surface area contributed by atoms with Crippen LogP contribution in [0.1, 0.15) is 23.9 Å². The first-order valence-corrected chi connectivity index (χ1v) is 9.89. The summed E-state index contributed by atoms with van der Waals surface area (Å²) in [7, 11) is 0. The molecule has 28 heavy (non-hydrogen) atoms. The van der Waals surface area contributed by atoms with E-state index in [1.54, 1.807) is 23.0 Å². The molecule has 3 rings (SSSR count). The Bertz CT molecular complexity index is 1020. The Hall–Kier alpha value is -2.19. The van der Waals surface area contributed by atoms with Crippen LogP contribution in [0, 0.1) is 25.6 Å². The summed E-state index contributed by atoms with van der Waals surface area (Å²) in [5.74, 6) is -0.370. The lowest BCUT2D eigenvalue weighted by Crippen LogP contribution is -2.25. The highest BCUT2D eigenvalue weighted by atomic mass is 79.9. The molecule has 1 aromatic carbocycles. The molecule has 3 aromatic rings. The maximum Gasteiger partial charge on any atom is 0.230 e. The number of carbonyl (C=O) groups excluding carboxylic acids is 1. The van der Waals surface area contributed by atoms with Crippen LogP contribution in [0.15, 0.2) is 34.9 Å². The van der Waals surface area contributed by atoms with Crippen LogP contribution in [0.4, 0.5) is 10.2 Å². The maximum absolute atomic E-state index is 13.2. The number of benzene rings is 1. The van der Waals surface area contributed by atoms with Crippen molar-refractivity contribution in [1.82, 2.24) is 19.6 Å². The normalized spacial score (nSPS) is 12.2. The van der Waals surface area contributed by atoms with Gasteiger partial charge in [0.15, 0.2) is 5.82 Å². The fraction of sp³-hybridized carbons (Fsp3) is 0.316. The summed E-state index contributed by atoms with van der Waals surface area (Å²) in [6.45, 7) is 6.56. The van der Waals surface area contributed by atoms with Crippen LogP contribution in [0.25, 0.3) is 0 Å². The summed E-state index contributed by atoms with van der Waals surface area (Å²) in [4.78, 5) is 12.5. The minimum absolute atomic E-state index is 0.145. The lowest BCUT2D eigenvalue weighted by Gasteiger charge is -2.12. The van der Waals surface area contributed by atoms with Crippen molar-refractivity contribution in [1.29, 1.82) is 0 Å². The molecule has 6 nitrogen and oxygen atoms in total. The van der Waals surface area contributed by atoms with Gasteiger partial charge < -0.3 is 5.32 Å². The highest BCUT2D eigenvalue weighted by Gasteiger charge is 2.18. The van der Waals surface area contributed by atoms with E-state index in [0.717, 1.165) is 21.4 Å². The molecule has 1 atom stereocenters. The number of halogens is 3. The number of carbonyl (C=O) groups is 1. The second-order valence-electron chi connectivity index (χ2n) is 6.69. The van der Waals surface area contributed by atoms with Crippen LogP contribution in [-0.2, 0) is 17.9 Å². The van der Waals surface area contributed by atoms with Crippen molar-refractivity contribution < 1.29 is 9.18 Å². The molecule has 2 heterocycles. The minimum atomic E-state index is -0.384. The van der Waals surface area contributed by atoms with Gasteiger partial charge in [0.2, 0.25) is 5.91 Å². The number of aryl methyl sites for hydroxylation is 1. The molecule has 0 aliphatic carbocycles. The average Bonchev–Trinajstić information content (AvgIpc) is 3.17. The van der Waals surface area contributed by atoms with E-state index in [2.05, 4.69) is 31.4 Å². The monoisotopic (exact) mass is 467 g/mol. The molecule has 148 valence electrons. The summed E-state index contributed by atoms with van der Waals surface area (Å²) < 4.78 is 17.6. The third kappa shape index (κ3) is 4.62. The van der Waals surface area contributed by atoms with Gasteiger partial charge in [0, 0.05) is 23.0 Å². The van der Waals surface area contributed by atoms with Crippen LogP contribution < -0.4 is 5.32 Å². The number of hydrogen-bond donors (Lipinski definition) is 1. The number of rotatable bonds is 6. The molecule has 9 heteroatoms. The van der Waals surface area contributed by atoms with Crippen molar-refractivity contribution in [3.05, 3.63) is 62.7 Å². The molecule has 0 aliphatic heterocycles. The number of nitrogens with one attached hydrogen (secondary N) is 1. The van der Waals surface area contributed by atoms with E-state index in [1.807, 2.05) is 25.5 Å². The van der Waals surface area contributed by atoms with Crippen molar-refractivity contribution in [3.63, 3.8) is 0 Å². The van der Waals surface area contributed by atoms with Crippen molar-refractivity contribution in [2.75, 3.05) is 5.32 Å². The average molecular weight is 469 g/mol. The van der Waals surface area contributed by atoms with Gasteiger partial charge in [-0.3, -0.25) is 14.2 Å². The molecule has 1 N–H and O–H groups in total. The van der Waals surface area contributed by atoms with Crippen molar-refractivity contribution >= 4 is 39.3 Å². The molecular weight excluding hydrogens is 449 g/mol. The minimum Gasteiger partial charge on any atom is -0.309 e. The van der Waals surface area contributed by atoms with Gasteiger partial charge in [0.05, 0.1) is 29.2 Å². The second-order valence-corrected chi connectivity index (χ2v) is 7.89. The SMILES string of the molecule is Cc1nn(CC(C)C(=O)Nc2ccn(Cc3ccc(F)cc3Cl)n2)c(C)c1Br. The van der Waals surface area contributed by atoms with Gasteiger partial charge >= 0.3 is 0 Å². The standard InChI is InChI=1S/C19H20BrClFN5O/c1-11(9-27-13(3)18(20)12(2)24-27)19(28)23-17-6-7-26(25-17)10-14-4-5-15(22)8-16(14)21/h4-8,11H,9-10H2,1-3H3,(H,23,25,28). The first kappa shape index (κ1) is 20.5. The van der Waals surface area contributed by atoms with Gasteiger partial charge in [-0.15, -0.1) is 0 Å². The zero-order valence-electron chi connectivity index (χ0n) is 15.7. The molecular formula is C19H20BrClFN5O. The summed E-state index contributed by atoms with van der Waals surface area (Å²) in [5, 5.41) is 11.9. The van der Waals surface area contributed by atoms with Gasteiger partial charge in [0.25, 0.3) is 0 Å². The summed E-state index contributed by atoms with van der Waals surface area (Å²) in [5.41, 5.74) is 2.62. The molecule has 0 aliphatic rings. The molecule has 0 spiro atoms. The van der Waals surface area contributed by atoms with Crippen LogP contribution in [0.2, 0.25) is 5.02 Å². The first-order valence-electron chi connectivity index (χ1n) is 8.72. The Balaban J connectivity index is 1.62. The largest absolute Gasteiger partial charge is 0.309 e. The van der Waals surface area contributed by atoms with E-state index in [9.17, 15) is 9.18 Å². The summed E-state index contributed by atoms with van der Waals surface area (Å²) >= 11 is 9.54. The molecule has 1 unspecified atom stereocenters. The number of aromatic nitrogens is 4. The predicted molar refractivity (Wildman–Crippen MR) is 110 cm³/mol. The Morgan fingerprint density at radius 1 is 1.32 bits per heavy atom. The lowest BCUT2D eigenvalue weighted by atomic mass is 10.1. The van der Waals surface area contributed by atoms with E-state index in [0.29, 0.717) is 23.9 Å². The zero-order valence-corrected chi connectivity index (χ0v) is 18.1.